The zero-order chi connectivity index (χ0) is 16.3. The summed E-state index contributed by atoms with van der Waals surface area (Å²) in [5.74, 6) is 1.63. The lowest BCUT2D eigenvalue weighted by Crippen LogP contribution is -2.44. The van der Waals surface area contributed by atoms with E-state index in [1.807, 2.05) is 25.1 Å². The molecule has 1 saturated heterocycles. The highest BCUT2D eigenvalue weighted by Crippen LogP contribution is 2.20. The fourth-order valence-electron chi connectivity index (χ4n) is 2.43. The van der Waals surface area contributed by atoms with Crippen molar-refractivity contribution in [2.75, 3.05) is 37.4 Å². The van der Waals surface area contributed by atoms with Gasteiger partial charge in [0.1, 0.15) is 18.0 Å². The van der Waals surface area contributed by atoms with Gasteiger partial charge in [-0.1, -0.05) is 0 Å². The van der Waals surface area contributed by atoms with Crippen LogP contribution in [-0.4, -0.2) is 61.2 Å². The predicted molar refractivity (Wildman–Crippen MR) is 88.6 cm³/mol. The Hall–Kier alpha value is -1.41. The molecule has 7 nitrogen and oxygen atoms in total. The number of anilines is 2. The summed E-state index contributed by atoms with van der Waals surface area (Å²) in [6.07, 6.45) is 3.11. The van der Waals surface area contributed by atoms with E-state index in [9.17, 15) is 8.42 Å². The molecule has 8 heteroatoms. The maximum Gasteiger partial charge on any atom is 0.216 e. The molecule has 124 valence electrons. The lowest BCUT2D eigenvalue weighted by atomic mass is 10.1. The van der Waals surface area contributed by atoms with Crippen LogP contribution >= 0.6 is 0 Å². The van der Waals surface area contributed by atoms with Gasteiger partial charge in [-0.2, -0.15) is 0 Å². The van der Waals surface area contributed by atoms with Crippen LogP contribution in [0, 0.1) is 0 Å². The van der Waals surface area contributed by atoms with Crippen molar-refractivity contribution in [3.05, 3.63) is 12.4 Å². The van der Waals surface area contributed by atoms with E-state index in [1.54, 1.807) is 18.2 Å². The molecule has 0 amide bonds. The van der Waals surface area contributed by atoms with Crippen molar-refractivity contribution in [2.24, 2.45) is 0 Å². The molecule has 0 bridgehead atoms. The zero-order valence-corrected chi connectivity index (χ0v) is 14.5. The number of nitrogens with zero attached hydrogens (tertiary/aromatic N) is 4. The summed E-state index contributed by atoms with van der Waals surface area (Å²) in [4.78, 5) is 10.3. The number of sulfonamides is 1. The van der Waals surface area contributed by atoms with Gasteiger partial charge >= 0.3 is 0 Å². The van der Waals surface area contributed by atoms with Gasteiger partial charge in [-0.3, -0.25) is 0 Å². The molecule has 1 aliphatic heterocycles. The molecule has 0 atom stereocenters. The molecule has 0 aliphatic carbocycles. The molecule has 0 spiro atoms. The topological polar surface area (TPSA) is 78.4 Å². The molecular formula is C14H25N5O2S. The first-order valence-electron chi connectivity index (χ1n) is 7.55. The molecule has 1 N–H and O–H groups in total. The average molecular weight is 327 g/mol. The zero-order valence-electron chi connectivity index (χ0n) is 13.7. The van der Waals surface area contributed by atoms with Gasteiger partial charge in [0.05, 0.1) is 5.25 Å². The maximum atomic E-state index is 12.1. The van der Waals surface area contributed by atoms with E-state index in [0.29, 0.717) is 13.1 Å². The molecule has 2 rings (SSSR count). The Bertz CT molecular complexity index is 595. The smallest absolute Gasteiger partial charge is 0.216 e. The molecular weight excluding hydrogens is 302 g/mol. The van der Waals surface area contributed by atoms with Crippen LogP contribution in [0.15, 0.2) is 12.4 Å². The summed E-state index contributed by atoms with van der Waals surface area (Å²) in [5.41, 5.74) is 0. The van der Waals surface area contributed by atoms with Crippen molar-refractivity contribution in [2.45, 2.75) is 38.0 Å². The summed E-state index contributed by atoms with van der Waals surface area (Å²) in [5, 5.41) is 3.02. The van der Waals surface area contributed by atoms with Crippen molar-refractivity contribution in [1.29, 1.82) is 0 Å². The summed E-state index contributed by atoms with van der Waals surface area (Å²) in [6.45, 7) is 4.57. The Morgan fingerprint density at radius 1 is 1.27 bits per heavy atom. The molecule has 0 aromatic carbocycles. The van der Waals surface area contributed by atoms with Gasteiger partial charge in [-0.05, 0) is 26.7 Å². The van der Waals surface area contributed by atoms with Crippen molar-refractivity contribution in [3.63, 3.8) is 0 Å². The van der Waals surface area contributed by atoms with Crippen LogP contribution < -0.4 is 10.2 Å². The first-order chi connectivity index (χ1) is 10.3. The van der Waals surface area contributed by atoms with E-state index >= 15 is 0 Å². The van der Waals surface area contributed by atoms with Gasteiger partial charge in [0, 0.05) is 39.3 Å². The number of rotatable bonds is 5. The fourth-order valence-corrected chi connectivity index (χ4v) is 3.75. The second-order valence-electron chi connectivity index (χ2n) is 6.07. The Morgan fingerprint density at radius 2 is 1.91 bits per heavy atom. The van der Waals surface area contributed by atoms with Crippen LogP contribution in [0.2, 0.25) is 0 Å². The minimum Gasteiger partial charge on any atom is -0.367 e. The third-order valence-electron chi connectivity index (χ3n) is 3.87. The SMILES string of the molecule is CC(C)S(=O)(=O)N1CCC(Nc2cc(N(C)C)ncn2)CC1. The van der Waals surface area contributed by atoms with Crippen LogP contribution in [-0.2, 0) is 10.0 Å². The summed E-state index contributed by atoms with van der Waals surface area (Å²) < 4.78 is 25.9. The Labute approximate surface area is 132 Å². The average Bonchev–Trinajstić information content (AvgIpc) is 2.48. The summed E-state index contributed by atoms with van der Waals surface area (Å²) in [6, 6.07) is 2.14. The van der Waals surface area contributed by atoms with E-state index < -0.39 is 10.0 Å². The van der Waals surface area contributed by atoms with Crippen molar-refractivity contribution in [1.82, 2.24) is 14.3 Å². The number of hydrogen-bond donors (Lipinski definition) is 1. The highest BCUT2D eigenvalue weighted by molar-refractivity contribution is 7.89. The summed E-state index contributed by atoms with van der Waals surface area (Å²) in [7, 11) is 0.723. The second kappa shape index (κ2) is 6.78. The van der Waals surface area contributed by atoms with Crippen LogP contribution in [0.1, 0.15) is 26.7 Å². The van der Waals surface area contributed by atoms with Crippen molar-refractivity contribution < 1.29 is 8.42 Å². The molecule has 22 heavy (non-hydrogen) atoms. The highest BCUT2D eigenvalue weighted by Gasteiger charge is 2.30. The van der Waals surface area contributed by atoms with E-state index in [-0.39, 0.29) is 11.3 Å². The highest BCUT2D eigenvalue weighted by atomic mass is 32.2. The van der Waals surface area contributed by atoms with Gasteiger partial charge in [-0.15, -0.1) is 0 Å². The second-order valence-corrected chi connectivity index (χ2v) is 8.56. The Morgan fingerprint density at radius 3 is 2.45 bits per heavy atom. The third kappa shape index (κ3) is 3.86. The van der Waals surface area contributed by atoms with Gasteiger partial charge in [0.25, 0.3) is 0 Å². The van der Waals surface area contributed by atoms with E-state index in [2.05, 4.69) is 15.3 Å². The molecule has 1 fully saturated rings. The molecule has 0 saturated carbocycles. The van der Waals surface area contributed by atoms with Crippen LogP contribution in [0.5, 0.6) is 0 Å². The van der Waals surface area contributed by atoms with Gasteiger partial charge in [0.2, 0.25) is 10.0 Å². The number of aromatic nitrogens is 2. The van der Waals surface area contributed by atoms with Crippen LogP contribution in [0.3, 0.4) is 0 Å². The first kappa shape index (κ1) is 17.0. The lowest BCUT2D eigenvalue weighted by Gasteiger charge is -2.33. The Balaban J connectivity index is 1.94. The normalized spacial score (nSPS) is 17.7. The first-order valence-corrected chi connectivity index (χ1v) is 9.06. The van der Waals surface area contributed by atoms with E-state index in [4.69, 9.17) is 0 Å². The minimum atomic E-state index is -3.14. The number of nitrogens with one attached hydrogen (secondary N) is 1. The predicted octanol–water partition coefficient (Wildman–Crippen LogP) is 1.16. The summed E-state index contributed by atoms with van der Waals surface area (Å²) >= 11 is 0. The lowest BCUT2D eigenvalue weighted by molar-refractivity contribution is 0.327. The fraction of sp³-hybridized carbons (Fsp3) is 0.714. The molecule has 1 aromatic heterocycles. The van der Waals surface area contributed by atoms with Crippen molar-refractivity contribution >= 4 is 21.7 Å². The number of hydrogen-bond acceptors (Lipinski definition) is 6. The minimum absolute atomic E-state index is 0.239. The monoisotopic (exact) mass is 327 g/mol. The van der Waals surface area contributed by atoms with Crippen molar-refractivity contribution in [3.8, 4) is 0 Å². The quantitative estimate of drug-likeness (QED) is 0.874. The van der Waals surface area contributed by atoms with Crippen LogP contribution in [0.25, 0.3) is 0 Å². The van der Waals surface area contributed by atoms with Gasteiger partial charge in [-0.25, -0.2) is 22.7 Å². The molecule has 2 heterocycles. The van der Waals surface area contributed by atoms with Crippen LogP contribution in [0.4, 0.5) is 11.6 Å². The molecule has 0 radical (unpaired) electrons. The largest absolute Gasteiger partial charge is 0.367 e. The van der Waals surface area contributed by atoms with Gasteiger partial charge < -0.3 is 10.2 Å². The molecule has 1 aromatic rings. The van der Waals surface area contributed by atoms with E-state index in [0.717, 1.165) is 24.5 Å². The van der Waals surface area contributed by atoms with Gasteiger partial charge in [0.15, 0.2) is 0 Å². The van der Waals surface area contributed by atoms with E-state index in [1.165, 1.54) is 6.33 Å². The third-order valence-corrected chi connectivity index (χ3v) is 6.15. The Kier molecular flexibility index (Phi) is 5.23. The number of piperidine rings is 1. The molecule has 0 unspecified atom stereocenters. The maximum absolute atomic E-state index is 12.1. The molecule has 1 aliphatic rings. The standard InChI is InChI=1S/C14H25N5O2S/c1-11(2)22(20,21)19-7-5-12(6-8-19)17-13-9-14(18(3)4)16-10-15-13/h9-12H,5-8H2,1-4H3,(H,15,16,17).